The van der Waals surface area contributed by atoms with Crippen LogP contribution in [0.2, 0.25) is 0 Å². The van der Waals surface area contributed by atoms with Crippen molar-refractivity contribution in [1.82, 2.24) is 15.1 Å². The molecule has 120 valence electrons. The van der Waals surface area contributed by atoms with Crippen molar-refractivity contribution >= 4 is 12.0 Å². The highest BCUT2D eigenvalue weighted by molar-refractivity contribution is 5.91. The summed E-state index contributed by atoms with van der Waals surface area (Å²) in [6.45, 7) is 0.422. The number of rotatable bonds is 5. The zero-order valence-corrected chi connectivity index (χ0v) is 12.9. The molecule has 0 aliphatic carbocycles. The van der Waals surface area contributed by atoms with Crippen LogP contribution in [0.4, 0.5) is 4.39 Å². The van der Waals surface area contributed by atoms with E-state index in [2.05, 4.69) is 10.4 Å². The predicted octanol–water partition coefficient (Wildman–Crippen LogP) is 3.34. The van der Waals surface area contributed by atoms with E-state index in [1.54, 1.807) is 29.1 Å². The Labute approximate surface area is 139 Å². The topological polar surface area (TPSA) is 46.9 Å². The van der Waals surface area contributed by atoms with Crippen LogP contribution in [-0.2, 0) is 11.3 Å². The molecule has 0 aliphatic rings. The Morgan fingerprint density at radius 2 is 2.00 bits per heavy atom. The summed E-state index contributed by atoms with van der Waals surface area (Å²) in [5.41, 5.74) is 2.59. The van der Waals surface area contributed by atoms with Crippen molar-refractivity contribution in [2.75, 3.05) is 0 Å². The van der Waals surface area contributed by atoms with Gasteiger partial charge in [0.25, 0.3) is 0 Å². The second-order valence-corrected chi connectivity index (χ2v) is 5.22. The van der Waals surface area contributed by atoms with E-state index in [4.69, 9.17) is 0 Å². The van der Waals surface area contributed by atoms with Gasteiger partial charge in [0.15, 0.2) is 0 Å². The minimum atomic E-state index is -0.324. The molecule has 0 radical (unpaired) electrons. The molecule has 0 unspecified atom stereocenters. The van der Waals surface area contributed by atoms with Crippen LogP contribution in [-0.4, -0.2) is 15.7 Å². The molecule has 3 aromatic rings. The molecular weight excluding hydrogens is 305 g/mol. The van der Waals surface area contributed by atoms with Crippen molar-refractivity contribution in [3.63, 3.8) is 0 Å². The molecule has 1 N–H and O–H groups in total. The average molecular weight is 321 g/mol. The lowest BCUT2D eigenvalue weighted by molar-refractivity contribution is -0.116. The van der Waals surface area contributed by atoms with E-state index >= 15 is 0 Å². The van der Waals surface area contributed by atoms with Gasteiger partial charge in [-0.25, -0.2) is 9.07 Å². The van der Waals surface area contributed by atoms with Crippen molar-refractivity contribution in [2.24, 2.45) is 0 Å². The number of carbonyl (C=O) groups is 1. The third-order valence-corrected chi connectivity index (χ3v) is 3.45. The zero-order valence-electron chi connectivity index (χ0n) is 12.9. The van der Waals surface area contributed by atoms with E-state index in [0.717, 1.165) is 11.3 Å². The van der Waals surface area contributed by atoms with Crippen LogP contribution in [0.1, 0.15) is 11.1 Å². The van der Waals surface area contributed by atoms with Crippen LogP contribution in [0.3, 0.4) is 0 Å². The minimum Gasteiger partial charge on any atom is -0.348 e. The van der Waals surface area contributed by atoms with E-state index in [1.807, 2.05) is 36.5 Å². The highest BCUT2D eigenvalue weighted by atomic mass is 19.1. The molecule has 0 atom stereocenters. The summed E-state index contributed by atoms with van der Waals surface area (Å²) in [4.78, 5) is 11.8. The van der Waals surface area contributed by atoms with Crippen LogP contribution in [0.5, 0.6) is 0 Å². The van der Waals surface area contributed by atoms with Crippen molar-refractivity contribution in [3.05, 3.63) is 90.0 Å². The maximum absolute atomic E-state index is 13.1. The number of halogens is 1. The molecule has 1 heterocycles. The molecule has 0 spiro atoms. The molecule has 24 heavy (non-hydrogen) atoms. The summed E-state index contributed by atoms with van der Waals surface area (Å²) in [6.07, 6.45) is 6.57. The molecule has 0 saturated heterocycles. The van der Waals surface area contributed by atoms with Crippen LogP contribution >= 0.6 is 0 Å². The first-order valence-electron chi connectivity index (χ1n) is 7.51. The summed E-state index contributed by atoms with van der Waals surface area (Å²) in [7, 11) is 0. The van der Waals surface area contributed by atoms with Crippen molar-refractivity contribution in [1.29, 1.82) is 0 Å². The second kappa shape index (κ2) is 7.37. The molecule has 1 aromatic heterocycles. The van der Waals surface area contributed by atoms with Crippen molar-refractivity contribution in [3.8, 4) is 5.69 Å². The monoisotopic (exact) mass is 321 g/mol. The second-order valence-electron chi connectivity index (χ2n) is 5.22. The standard InChI is InChI=1S/C19H16FN3O/c20-17-4-1-3-15(13-17)7-10-19(24)21-14-16-5-8-18(9-6-16)23-12-2-11-22-23/h1-13H,14H2,(H,21,24)/b10-7+. The maximum atomic E-state index is 13.1. The highest BCUT2D eigenvalue weighted by Crippen LogP contribution is 2.09. The molecule has 1 amide bonds. The molecule has 0 aliphatic heterocycles. The number of hydrogen-bond acceptors (Lipinski definition) is 2. The number of aromatic nitrogens is 2. The Morgan fingerprint density at radius 1 is 1.17 bits per heavy atom. The number of carbonyl (C=O) groups excluding carboxylic acids is 1. The van der Waals surface area contributed by atoms with E-state index < -0.39 is 0 Å². The number of nitrogens with zero attached hydrogens (tertiary/aromatic N) is 2. The van der Waals surface area contributed by atoms with Gasteiger partial charge in [0.2, 0.25) is 5.91 Å². The Morgan fingerprint density at radius 3 is 2.71 bits per heavy atom. The Kier molecular flexibility index (Phi) is 4.81. The fourth-order valence-corrected chi connectivity index (χ4v) is 2.22. The third kappa shape index (κ3) is 4.16. The maximum Gasteiger partial charge on any atom is 0.244 e. The Bertz CT molecular complexity index is 839. The quantitative estimate of drug-likeness (QED) is 0.733. The number of benzene rings is 2. The van der Waals surface area contributed by atoms with Gasteiger partial charge in [0.1, 0.15) is 5.82 Å². The van der Waals surface area contributed by atoms with Gasteiger partial charge in [-0.3, -0.25) is 4.79 Å². The van der Waals surface area contributed by atoms with Crippen molar-refractivity contribution < 1.29 is 9.18 Å². The largest absolute Gasteiger partial charge is 0.348 e. The molecule has 0 bridgehead atoms. The summed E-state index contributed by atoms with van der Waals surface area (Å²) in [5, 5.41) is 6.96. The van der Waals surface area contributed by atoms with E-state index in [9.17, 15) is 9.18 Å². The smallest absolute Gasteiger partial charge is 0.244 e. The molecule has 4 nitrogen and oxygen atoms in total. The first kappa shape index (κ1) is 15.7. The molecule has 2 aromatic carbocycles. The number of amides is 1. The minimum absolute atomic E-state index is 0.226. The molecule has 3 rings (SSSR count). The lowest BCUT2D eigenvalue weighted by Gasteiger charge is -2.05. The summed E-state index contributed by atoms with van der Waals surface area (Å²) < 4.78 is 14.8. The number of nitrogens with one attached hydrogen (secondary N) is 1. The van der Waals surface area contributed by atoms with Crippen LogP contribution in [0.25, 0.3) is 11.8 Å². The average Bonchev–Trinajstić information content (AvgIpc) is 3.13. The van der Waals surface area contributed by atoms with E-state index in [1.165, 1.54) is 18.2 Å². The lowest BCUT2D eigenvalue weighted by Crippen LogP contribution is -2.20. The van der Waals surface area contributed by atoms with Gasteiger partial charge in [-0.1, -0.05) is 24.3 Å². The lowest BCUT2D eigenvalue weighted by atomic mass is 10.2. The molecule has 5 heteroatoms. The summed E-state index contributed by atoms with van der Waals surface area (Å²) in [6, 6.07) is 15.7. The van der Waals surface area contributed by atoms with E-state index in [-0.39, 0.29) is 11.7 Å². The van der Waals surface area contributed by atoms with Gasteiger partial charge in [0, 0.05) is 25.0 Å². The highest BCUT2D eigenvalue weighted by Gasteiger charge is 1.99. The Hall–Kier alpha value is -3.21. The first-order chi connectivity index (χ1) is 11.7. The first-order valence-corrected chi connectivity index (χ1v) is 7.51. The van der Waals surface area contributed by atoms with Gasteiger partial charge in [-0.2, -0.15) is 5.10 Å². The van der Waals surface area contributed by atoms with E-state index in [0.29, 0.717) is 12.1 Å². The Balaban J connectivity index is 1.54. The SMILES string of the molecule is O=C(/C=C/c1cccc(F)c1)NCc1ccc(-n2cccn2)cc1. The van der Waals surface area contributed by atoms with Crippen LogP contribution in [0.15, 0.2) is 73.1 Å². The van der Waals surface area contributed by atoms with Crippen LogP contribution in [0, 0.1) is 5.82 Å². The van der Waals surface area contributed by atoms with Gasteiger partial charge >= 0.3 is 0 Å². The van der Waals surface area contributed by atoms with Gasteiger partial charge < -0.3 is 5.32 Å². The fourth-order valence-electron chi connectivity index (χ4n) is 2.22. The zero-order chi connectivity index (χ0) is 16.8. The third-order valence-electron chi connectivity index (χ3n) is 3.45. The van der Waals surface area contributed by atoms with Gasteiger partial charge in [0.05, 0.1) is 5.69 Å². The fraction of sp³-hybridized carbons (Fsp3) is 0.0526. The predicted molar refractivity (Wildman–Crippen MR) is 90.8 cm³/mol. The molecule has 0 fully saturated rings. The molecular formula is C19H16FN3O. The summed E-state index contributed by atoms with van der Waals surface area (Å²) >= 11 is 0. The molecule has 0 saturated carbocycles. The van der Waals surface area contributed by atoms with Gasteiger partial charge in [-0.15, -0.1) is 0 Å². The number of hydrogen-bond donors (Lipinski definition) is 1. The normalized spacial score (nSPS) is 10.9. The van der Waals surface area contributed by atoms with Crippen molar-refractivity contribution in [2.45, 2.75) is 6.54 Å². The summed E-state index contributed by atoms with van der Waals surface area (Å²) in [5.74, 6) is -0.551. The van der Waals surface area contributed by atoms with Gasteiger partial charge in [-0.05, 0) is 47.5 Å². The van der Waals surface area contributed by atoms with Crippen LogP contribution < -0.4 is 5.32 Å².